The molecule has 0 aliphatic rings. The van der Waals surface area contributed by atoms with Crippen LogP contribution in [0.15, 0.2) is 42.5 Å². The Bertz CT molecular complexity index is 412. The van der Waals surface area contributed by atoms with Crippen LogP contribution in [0, 0.1) is 0 Å². The summed E-state index contributed by atoms with van der Waals surface area (Å²) in [6, 6.07) is 8.38. The highest BCUT2D eigenvalue weighted by Crippen LogP contribution is 2.36. The van der Waals surface area contributed by atoms with Gasteiger partial charge in [-0.1, -0.05) is 59.6 Å². The Morgan fingerprint density at radius 2 is 1.82 bits per heavy atom. The van der Waals surface area contributed by atoms with Crippen molar-refractivity contribution in [3.05, 3.63) is 42.5 Å². The van der Waals surface area contributed by atoms with Crippen LogP contribution in [0.5, 0.6) is 5.75 Å². The third-order valence-electron chi connectivity index (χ3n) is 1.87. The zero-order chi connectivity index (χ0) is 13.1. The lowest BCUT2D eigenvalue weighted by atomic mass is 10.2. The van der Waals surface area contributed by atoms with E-state index in [2.05, 4.69) is 6.58 Å². The minimum Gasteiger partial charge on any atom is -0.545 e. The van der Waals surface area contributed by atoms with Crippen molar-refractivity contribution in [1.29, 1.82) is 0 Å². The van der Waals surface area contributed by atoms with E-state index in [4.69, 9.17) is 39.5 Å². The molecule has 3 nitrogen and oxygen atoms in total. The third-order valence-corrected chi connectivity index (χ3v) is 2.47. The molecule has 1 aromatic carbocycles. The van der Waals surface area contributed by atoms with Gasteiger partial charge in [-0.05, 0) is 12.1 Å². The second-order valence-corrected chi connectivity index (χ2v) is 5.53. The van der Waals surface area contributed by atoms with E-state index in [1.807, 2.05) is 0 Å². The van der Waals surface area contributed by atoms with E-state index in [0.717, 1.165) is 0 Å². The highest BCUT2D eigenvalue weighted by atomic mass is 35.6. The number of carbonyl (C=O) groups excluding carboxylic acids is 1. The summed E-state index contributed by atoms with van der Waals surface area (Å²) in [4.78, 5) is 10.7. The van der Waals surface area contributed by atoms with E-state index in [1.165, 1.54) is 0 Å². The maximum atomic E-state index is 10.7. The second kappa shape index (κ2) is 5.63. The molecule has 6 heteroatoms. The number of ether oxygens (including phenoxy) is 1. The number of benzene rings is 1. The molecule has 0 spiro atoms. The quantitative estimate of drug-likeness (QED) is 0.631. The van der Waals surface area contributed by atoms with Crippen LogP contribution in [0.4, 0.5) is 0 Å². The van der Waals surface area contributed by atoms with Crippen molar-refractivity contribution < 1.29 is 14.6 Å². The molecule has 1 unspecified atom stereocenters. The molecule has 0 aromatic heterocycles. The highest BCUT2D eigenvalue weighted by Gasteiger charge is 2.37. The van der Waals surface area contributed by atoms with E-state index in [9.17, 15) is 9.90 Å². The van der Waals surface area contributed by atoms with Gasteiger partial charge in [0.25, 0.3) is 0 Å². The van der Waals surface area contributed by atoms with Gasteiger partial charge in [0, 0.05) is 5.57 Å². The summed E-state index contributed by atoms with van der Waals surface area (Å²) in [5.74, 6) is -1.16. The molecule has 0 radical (unpaired) electrons. The number of carbonyl (C=O) groups is 1. The minimum atomic E-state index is -1.95. The van der Waals surface area contributed by atoms with E-state index >= 15 is 0 Å². The molecule has 1 rings (SSSR count). The monoisotopic (exact) mass is 293 g/mol. The minimum absolute atomic E-state index is 0.367. The van der Waals surface area contributed by atoms with Crippen molar-refractivity contribution in [2.45, 2.75) is 9.90 Å². The summed E-state index contributed by atoms with van der Waals surface area (Å²) < 4.78 is 3.33. The van der Waals surface area contributed by atoms with Crippen molar-refractivity contribution in [1.82, 2.24) is 0 Å². The lowest BCUT2D eigenvalue weighted by Gasteiger charge is -2.27. The molecule has 1 aromatic rings. The zero-order valence-corrected chi connectivity index (χ0v) is 10.8. The first kappa shape index (κ1) is 14.2. The molecule has 0 saturated carbocycles. The molecule has 0 aliphatic heterocycles. The van der Waals surface area contributed by atoms with Gasteiger partial charge in [0.1, 0.15) is 5.75 Å². The number of para-hydroxylation sites is 1. The molecule has 0 aliphatic carbocycles. The number of hydrogen-bond donors (Lipinski definition) is 0. The lowest BCUT2D eigenvalue weighted by Crippen LogP contribution is -2.40. The van der Waals surface area contributed by atoms with Gasteiger partial charge in [-0.15, -0.1) is 0 Å². The SMILES string of the molecule is C=C(C(=O)[O-])C(Oc1ccccc1)C(Cl)(Cl)Cl. The van der Waals surface area contributed by atoms with E-state index in [1.54, 1.807) is 30.3 Å². The van der Waals surface area contributed by atoms with Crippen LogP contribution in [0.25, 0.3) is 0 Å². The molecule has 0 heterocycles. The largest absolute Gasteiger partial charge is 0.545 e. The Morgan fingerprint density at radius 3 is 2.24 bits per heavy atom. The number of halogens is 3. The first-order valence-corrected chi connectivity index (χ1v) is 5.64. The predicted octanol–water partition coefficient (Wildman–Crippen LogP) is 2.11. The fourth-order valence-electron chi connectivity index (χ4n) is 1.08. The topological polar surface area (TPSA) is 49.4 Å². The summed E-state index contributed by atoms with van der Waals surface area (Å²) >= 11 is 16.9. The fraction of sp³-hybridized carbons (Fsp3) is 0.182. The van der Waals surface area contributed by atoms with Crippen molar-refractivity contribution in [3.63, 3.8) is 0 Å². The van der Waals surface area contributed by atoms with Crippen molar-refractivity contribution in [2.75, 3.05) is 0 Å². The van der Waals surface area contributed by atoms with Crippen LogP contribution in [-0.4, -0.2) is 15.9 Å². The smallest absolute Gasteiger partial charge is 0.231 e. The summed E-state index contributed by atoms with van der Waals surface area (Å²) in [5.41, 5.74) is -0.436. The molecule has 0 bridgehead atoms. The van der Waals surface area contributed by atoms with Gasteiger partial charge in [0.2, 0.25) is 3.79 Å². The second-order valence-electron chi connectivity index (χ2n) is 3.17. The maximum Gasteiger partial charge on any atom is 0.231 e. The molecule has 0 N–H and O–H groups in total. The normalized spacial score (nSPS) is 12.9. The van der Waals surface area contributed by atoms with Crippen LogP contribution in [0.1, 0.15) is 0 Å². The van der Waals surface area contributed by atoms with Crippen molar-refractivity contribution >= 4 is 40.8 Å². The van der Waals surface area contributed by atoms with Gasteiger partial charge < -0.3 is 14.6 Å². The van der Waals surface area contributed by atoms with Gasteiger partial charge in [-0.2, -0.15) is 0 Å². The number of aliphatic carboxylic acids is 1. The van der Waals surface area contributed by atoms with Gasteiger partial charge >= 0.3 is 0 Å². The van der Waals surface area contributed by atoms with E-state index < -0.39 is 21.4 Å². The van der Waals surface area contributed by atoms with E-state index in [-0.39, 0.29) is 0 Å². The number of carboxylic acids is 1. The van der Waals surface area contributed by atoms with Crippen LogP contribution in [0.2, 0.25) is 0 Å². The molecule has 92 valence electrons. The number of rotatable bonds is 4. The number of hydrogen-bond acceptors (Lipinski definition) is 3. The lowest BCUT2D eigenvalue weighted by molar-refractivity contribution is -0.300. The van der Waals surface area contributed by atoms with Crippen LogP contribution in [-0.2, 0) is 4.79 Å². The fourth-order valence-corrected chi connectivity index (χ4v) is 1.61. The standard InChI is InChI=1S/C11H9Cl3O3/c1-7(10(15)16)9(11(12,13)14)17-8-5-3-2-4-6-8/h2-6,9H,1H2,(H,15,16)/p-1. The summed E-state index contributed by atoms with van der Waals surface area (Å²) in [5, 5.41) is 10.7. The number of carboxylic acid groups (broad SMARTS) is 1. The molecule has 1 atom stereocenters. The Kier molecular flexibility index (Phi) is 4.69. The van der Waals surface area contributed by atoms with Crippen LogP contribution < -0.4 is 9.84 Å². The Labute approximate surface area is 114 Å². The maximum absolute atomic E-state index is 10.7. The molecular weight excluding hydrogens is 286 g/mol. The summed E-state index contributed by atoms with van der Waals surface area (Å²) in [7, 11) is 0. The molecular formula is C11H8Cl3O3-. The Balaban J connectivity index is 2.94. The van der Waals surface area contributed by atoms with Gasteiger partial charge in [0.15, 0.2) is 6.10 Å². The van der Waals surface area contributed by atoms with Crippen molar-refractivity contribution in [3.8, 4) is 5.75 Å². The summed E-state index contributed by atoms with van der Waals surface area (Å²) in [6.07, 6.45) is -1.32. The van der Waals surface area contributed by atoms with E-state index in [0.29, 0.717) is 5.75 Å². The molecule has 17 heavy (non-hydrogen) atoms. The summed E-state index contributed by atoms with van der Waals surface area (Å²) in [6.45, 7) is 3.28. The average Bonchev–Trinajstić information content (AvgIpc) is 2.24. The van der Waals surface area contributed by atoms with Crippen molar-refractivity contribution in [2.24, 2.45) is 0 Å². The highest BCUT2D eigenvalue weighted by molar-refractivity contribution is 6.68. The number of alkyl halides is 3. The Hall–Kier alpha value is -0.900. The third kappa shape index (κ3) is 4.11. The molecule has 0 fully saturated rings. The average molecular weight is 295 g/mol. The van der Waals surface area contributed by atoms with Gasteiger partial charge in [0.05, 0.1) is 5.97 Å². The van der Waals surface area contributed by atoms with Gasteiger partial charge in [-0.3, -0.25) is 0 Å². The zero-order valence-electron chi connectivity index (χ0n) is 8.53. The molecule has 0 saturated heterocycles. The first-order chi connectivity index (χ1) is 7.82. The first-order valence-electron chi connectivity index (χ1n) is 4.51. The van der Waals surface area contributed by atoms with Gasteiger partial charge in [-0.25, -0.2) is 0 Å². The van der Waals surface area contributed by atoms with Crippen LogP contribution in [0.3, 0.4) is 0 Å². The molecule has 0 amide bonds. The Morgan fingerprint density at radius 1 is 1.29 bits per heavy atom. The van der Waals surface area contributed by atoms with Crippen LogP contribution >= 0.6 is 34.8 Å². The predicted molar refractivity (Wildman–Crippen MR) is 65.3 cm³/mol.